The van der Waals surface area contributed by atoms with E-state index in [1.165, 1.54) is 11.1 Å². The van der Waals surface area contributed by atoms with Crippen LogP contribution in [0.4, 0.5) is 0 Å². The summed E-state index contributed by atoms with van der Waals surface area (Å²) in [6.07, 6.45) is 10.9. The van der Waals surface area contributed by atoms with Gasteiger partial charge in [-0.05, 0) is 72.8 Å². The first-order valence-electron chi connectivity index (χ1n) is 9.91. The van der Waals surface area contributed by atoms with Crippen molar-refractivity contribution in [2.45, 2.75) is 65.9 Å². The molecule has 0 radical (unpaired) electrons. The Hall–Kier alpha value is -1.15. The molecule has 0 aliphatic heterocycles. The van der Waals surface area contributed by atoms with Crippen molar-refractivity contribution in [2.75, 3.05) is 0 Å². The zero-order chi connectivity index (χ0) is 18.2. The first-order valence-corrected chi connectivity index (χ1v) is 9.91. The van der Waals surface area contributed by atoms with Gasteiger partial charge in [-0.3, -0.25) is 4.79 Å². The first kappa shape index (κ1) is 17.3. The fraction of sp³-hybridized carbons (Fsp3) is 0.696. The van der Waals surface area contributed by atoms with Crippen LogP contribution in [0, 0.1) is 34.0 Å². The van der Waals surface area contributed by atoms with Crippen LogP contribution >= 0.6 is 0 Å². The molecule has 2 heteroatoms. The smallest absolute Gasteiger partial charge is 0.156 e. The normalized spacial score (nSPS) is 51.4. The highest BCUT2D eigenvalue weighted by molar-refractivity contribution is 5.92. The molecule has 0 amide bonds. The van der Waals surface area contributed by atoms with Gasteiger partial charge >= 0.3 is 0 Å². The lowest BCUT2D eigenvalue weighted by Crippen LogP contribution is -2.59. The molecule has 1 N–H and O–H groups in total. The van der Waals surface area contributed by atoms with E-state index in [1.54, 1.807) is 0 Å². The van der Waals surface area contributed by atoms with Gasteiger partial charge in [-0.15, -0.1) is 0 Å². The highest BCUT2D eigenvalue weighted by atomic mass is 16.3. The minimum absolute atomic E-state index is 0.0149. The summed E-state index contributed by atoms with van der Waals surface area (Å²) in [7, 11) is 0. The third kappa shape index (κ3) is 2.04. The van der Waals surface area contributed by atoms with E-state index in [2.05, 4.69) is 46.4 Å². The summed E-state index contributed by atoms with van der Waals surface area (Å²) in [6, 6.07) is 0. The Bertz CT molecular complexity index is 701. The largest absolute Gasteiger partial charge is 0.393 e. The number of hydrogen-bond donors (Lipinski definition) is 1. The molecule has 4 aliphatic carbocycles. The van der Waals surface area contributed by atoms with Crippen LogP contribution in [0.25, 0.3) is 0 Å². The lowest BCUT2D eigenvalue weighted by molar-refractivity contribution is -0.145. The SMILES string of the molecule is C=C(C)C1CC[C@H]2[C@]3(C)C=CC4=CC(=O)CC[C@]4(C)[C@H]3C[C@@H](O)[C@]12C. The van der Waals surface area contributed by atoms with Crippen molar-refractivity contribution in [3.8, 4) is 0 Å². The second-order valence-corrected chi connectivity index (χ2v) is 9.88. The molecule has 2 fully saturated rings. The fourth-order valence-electron chi connectivity index (χ4n) is 7.39. The van der Waals surface area contributed by atoms with Gasteiger partial charge in [0.05, 0.1) is 6.10 Å². The van der Waals surface area contributed by atoms with Crippen molar-refractivity contribution in [1.82, 2.24) is 0 Å². The molecule has 0 spiro atoms. The molecular formula is C23H32O2. The standard InChI is InChI=1S/C23H32O2/c1-14(2)17-6-7-18-22(4)10-8-15-12-16(24)9-11-21(15,3)19(22)13-20(25)23(17,18)5/h8,10,12,17-20,25H,1,6-7,9,11,13H2,2-5H3/t17?,18-,19+,20+,21-,22-,23+/m0/s1. The lowest BCUT2D eigenvalue weighted by Gasteiger charge is -2.63. The second-order valence-electron chi connectivity index (χ2n) is 9.88. The molecule has 0 heterocycles. The average molecular weight is 341 g/mol. The van der Waals surface area contributed by atoms with E-state index in [1.807, 2.05) is 6.08 Å². The quantitative estimate of drug-likeness (QED) is 0.693. The Balaban J connectivity index is 1.84. The molecule has 4 rings (SSSR count). The summed E-state index contributed by atoms with van der Waals surface area (Å²) in [5.41, 5.74) is 2.44. The van der Waals surface area contributed by atoms with Crippen molar-refractivity contribution in [3.05, 3.63) is 36.0 Å². The van der Waals surface area contributed by atoms with Gasteiger partial charge in [-0.1, -0.05) is 45.1 Å². The number of carbonyl (C=O) groups is 1. The maximum Gasteiger partial charge on any atom is 0.156 e. The van der Waals surface area contributed by atoms with E-state index in [0.29, 0.717) is 24.2 Å². The maximum atomic E-state index is 11.9. The Labute approximate surface area is 152 Å². The van der Waals surface area contributed by atoms with E-state index in [0.717, 1.165) is 25.7 Å². The predicted octanol–water partition coefficient (Wildman–Crippen LogP) is 4.85. The molecule has 4 aliphatic rings. The van der Waals surface area contributed by atoms with Crippen molar-refractivity contribution in [3.63, 3.8) is 0 Å². The Morgan fingerprint density at radius 2 is 1.96 bits per heavy atom. The van der Waals surface area contributed by atoms with Gasteiger partial charge in [0.15, 0.2) is 5.78 Å². The van der Waals surface area contributed by atoms with Crippen LogP contribution in [-0.2, 0) is 4.79 Å². The van der Waals surface area contributed by atoms with Crippen LogP contribution in [0.5, 0.6) is 0 Å². The van der Waals surface area contributed by atoms with E-state index in [4.69, 9.17) is 0 Å². The molecular weight excluding hydrogens is 308 g/mol. The van der Waals surface area contributed by atoms with Crippen molar-refractivity contribution < 1.29 is 9.90 Å². The van der Waals surface area contributed by atoms with Crippen LogP contribution in [-0.4, -0.2) is 17.0 Å². The number of hydrogen-bond acceptors (Lipinski definition) is 2. The first-order chi connectivity index (χ1) is 11.6. The molecule has 1 unspecified atom stereocenters. The zero-order valence-corrected chi connectivity index (χ0v) is 16.1. The van der Waals surface area contributed by atoms with Gasteiger partial charge in [0.25, 0.3) is 0 Å². The summed E-state index contributed by atoms with van der Waals surface area (Å²) in [5.74, 6) is 1.55. The van der Waals surface area contributed by atoms with Crippen LogP contribution in [0.1, 0.15) is 59.8 Å². The van der Waals surface area contributed by atoms with Crippen molar-refractivity contribution in [2.24, 2.45) is 34.0 Å². The van der Waals surface area contributed by atoms with Gasteiger partial charge < -0.3 is 5.11 Å². The molecule has 0 aromatic carbocycles. The summed E-state index contributed by atoms with van der Waals surface area (Å²) >= 11 is 0. The van der Waals surface area contributed by atoms with Gasteiger partial charge in [0.2, 0.25) is 0 Å². The molecule has 2 nitrogen and oxygen atoms in total. The number of ketones is 1. The number of allylic oxidation sites excluding steroid dienone is 5. The Morgan fingerprint density at radius 1 is 1.24 bits per heavy atom. The maximum absolute atomic E-state index is 11.9. The third-order valence-electron chi connectivity index (χ3n) is 8.78. The summed E-state index contributed by atoms with van der Waals surface area (Å²) in [6.45, 7) is 13.4. The van der Waals surface area contributed by atoms with Gasteiger partial charge in [-0.25, -0.2) is 0 Å². The Morgan fingerprint density at radius 3 is 2.64 bits per heavy atom. The third-order valence-corrected chi connectivity index (χ3v) is 8.78. The molecule has 0 saturated heterocycles. The topological polar surface area (TPSA) is 37.3 Å². The number of aliphatic hydroxyl groups is 1. The van der Waals surface area contributed by atoms with Gasteiger partial charge in [0.1, 0.15) is 0 Å². The van der Waals surface area contributed by atoms with Crippen molar-refractivity contribution >= 4 is 5.78 Å². The fourth-order valence-corrected chi connectivity index (χ4v) is 7.39. The molecule has 25 heavy (non-hydrogen) atoms. The monoisotopic (exact) mass is 340 g/mol. The molecule has 7 atom stereocenters. The summed E-state index contributed by atoms with van der Waals surface area (Å²) < 4.78 is 0. The van der Waals surface area contributed by atoms with Gasteiger partial charge in [0, 0.05) is 11.8 Å². The van der Waals surface area contributed by atoms with E-state index >= 15 is 0 Å². The average Bonchev–Trinajstić information content (AvgIpc) is 2.91. The van der Waals surface area contributed by atoms with Crippen LogP contribution < -0.4 is 0 Å². The number of rotatable bonds is 1. The van der Waals surface area contributed by atoms with E-state index in [9.17, 15) is 9.90 Å². The van der Waals surface area contributed by atoms with E-state index < -0.39 is 0 Å². The van der Waals surface area contributed by atoms with Gasteiger partial charge in [-0.2, -0.15) is 0 Å². The zero-order valence-electron chi connectivity index (χ0n) is 16.1. The highest BCUT2D eigenvalue weighted by Crippen LogP contribution is 2.70. The molecule has 0 bridgehead atoms. The van der Waals surface area contributed by atoms with Crippen LogP contribution in [0.2, 0.25) is 0 Å². The summed E-state index contributed by atoms with van der Waals surface area (Å²) in [5, 5.41) is 11.3. The van der Waals surface area contributed by atoms with Crippen LogP contribution in [0.3, 0.4) is 0 Å². The lowest BCUT2D eigenvalue weighted by atomic mass is 9.42. The Kier molecular flexibility index (Phi) is 3.59. The number of aliphatic hydroxyl groups excluding tert-OH is 1. The van der Waals surface area contributed by atoms with E-state index in [-0.39, 0.29) is 28.1 Å². The van der Waals surface area contributed by atoms with Crippen LogP contribution in [0.15, 0.2) is 36.0 Å². The highest BCUT2D eigenvalue weighted by Gasteiger charge is 2.65. The molecule has 0 aromatic rings. The molecule has 136 valence electrons. The summed E-state index contributed by atoms with van der Waals surface area (Å²) in [4.78, 5) is 11.9. The number of carbonyl (C=O) groups excluding carboxylic acids is 1. The molecule has 2 saturated carbocycles. The second kappa shape index (κ2) is 5.19. The predicted molar refractivity (Wildman–Crippen MR) is 101 cm³/mol. The minimum Gasteiger partial charge on any atom is -0.393 e. The van der Waals surface area contributed by atoms with Crippen molar-refractivity contribution in [1.29, 1.82) is 0 Å². The molecule has 0 aromatic heterocycles. The minimum atomic E-state index is -0.290. The number of fused-ring (bicyclic) bond motifs is 5.